The van der Waals surface area contributed by atoms with Crippen molar-refractivity contribution in [3.8, 4) is 5.75 Å². The lowest BCUT2D eigenvalue weighted by Gasteiger charge is -2.16. The molecule has 4 heteroatoms. The Balaban J connectivity index is 3.12. The molecule has 0 aromatic heterocycles. The summed E-state index contributed by atoms with van der Waals surface area (Å²) < 4.78 is 24.4. The van der Waals surface area contributed by atoms with E-state index < -0.39 is 0 Å². The van der Waals surface area contributed by atoms with E-state index in [0.29, 0.717) is 23.4 Å². The van der Waals surface area contributed by atoms with Crippen LogP contribution in [0.4, 0.5) is 4.39 Å². The summed E-state index contributed by atoms with van der Waals surface area (Å²) >= 11 is 0. The molecule has 17 heavy (non-hydrogen) atoms. The molecule has 0 amide bonds. The van der Waals surface area contributed by atoms with Gasteiger partial charge in [0.1, 0.15) is 11.6 Å². The fraction of sp³-hybridized carbons (Fsp3) is 0.538. The predicted molar refractivity (Wildman–Crippen MR) is 65.8 cm³/mol. The van der Waals surface area contributed by atoms with Crippen LogP contribution in [0.5, 0.6) is 5.75 Å². The van der Waals surface area contributed by atoms with Crippen LogP contribution < -0.4 is 10.5 Å². The summed E-state index contributed by atoms with van der Waals surface area (Å²) in [6.45, 7) is 2.72. The topological polar surface area (TPSA) is 44.5 Å². The number of hydrogen-bond donors (Lipinski definition) is 1. The van der Waals surface area contributed by atoms with Crippen LogP contribution in [0.2, 0.25) is 0 Å². The van der Waals surface area contributed by atoms with E-state index in [1.54, 1.807) is 12.1 Å². The van der Waals surface area contributed by atoms with Gasteiger partial charge in [-0.05, 0) is 30.5 Å². The normalized spacial score (nSPS) is 12.5. The Bertz CT molecular complexity index is 369. The standard InChI is InChI=1S/C13H20FNO2/c1-9(6-7-15)10-4-5-12(17-3)11(8-16-2)13(10)14/h4-5,9H,6-8,15H2,1-3H3. The van der Waals surface area contributed by atoms with Crippen molar-refractivity contribution in [1.29, 1.82) is 0 Å². The second-order valence-electron chi connectivity index (χ2n) is 4.06. The maximum Gasteiger partial charge on any atom is 0.135 e. The van der Waals surface area contributed by atoms with Crippen molar-refractivity contribution in [2.24, 2.45) is 5.73 Å². The summed E-state index contributed by atoms with van der Waals surface area (Å²) in [6.07, 6.45) is 0.760. The minimum atomic E-state index is -0.243. The van der Waals surface area contributed by atoms with E-state index in [9.17, 15) is 4.39 Å². The Morgan fingerprint density at radius 3 is 2.59 bits per heavy atom. The van der Waals surface area contributed by atoms with Crippen molar-refractivity contribution in [1.82, 2.24) is 0 Å². The highest BCUT2D eigenvalue weighted by atomic mass is 19.1. The van der Waals surface area contributed by atoms with Crippen LogP contribution in [0.15, 0.2) is 12.1 Å². The van der Waals surface area contributed by atoms with Gasteiger partial charge in [0.05, 0.1) is 19.3 Å². The molecule has 0 heterocycles. The van der Waals surface area contributed by atoms with Crippen molar-refractivity contribution in [2.75, 3.05) is 20.8 Å². The van der Waals surface area contributed by atoms with E-state index >= 15 is 0 Å². The summed E-state index contributed by atoms with van der Waals surface area (Å²) in [5, 5.41) is 0. The highest BCUT2D eigenvalue weighted by molar-refractivity contribution is 5.39. The summed E-state index contributed by atoms with van der Waals surface area (Å²) in [5.74, 6) is 0.377. The van der Waals surface area contributed by atoms with Gasteiger partial charge in [-0.15, -0.1) is 0 Å². The number of benzene rings is 1. The van der Waals surface area contributed by atoms with Gasteiger partial charge < -0.3 is 15.2 Å². The van der Waals surface area contributed by atoms with Crippen molar-refractivity contribution in [3.05, 3.63) is 29.1 Å². The van der Waals surface area contributed by atoms with Crippen LogP contribution in [-0.2, 0) is 11.3 Å². The molecule has 3 nitrogen and oxygen atoms in total. The van der Waals surface area contributed by atoms with Crippen LogP contribution >= 0.6 is 0 Å². The number of hydrogen-bond acceptors (Lipinski definition) is 3. The predicted octanol–water partition coefficient (Wildman–Crippen LogP) is 2.43. The Kier molecular flexibility index (Phi) is 5.38. The molecule has 0 aliphatic rings. The molecule has 0 spiro atoms. The Labute approximate surface area is 102 Å². The number of nitrogens with two attached hydrogens (primary N) is 1. The molecule has 1 aromatic rings. The number of rotatable bonds is 6. The molecule has 96 valence electrons. The van der Waals surface area contributed by atoms with Gasteiger partial charge in [0.2, 0.25) is 0 Å². The molecule has 1 rings (SSSR count). The molecule has 2 N–H and O–H groups in total. The van der Waals surface area contributed by atoms with Gasteiger partial charge in [-0.25, -0.2) is 4.39 Å². The van der Waals surface area contributed by atoms with Gasteiger partial charge in [0, 0.05) is 7.11 Å². The SMILES string of the molecule is COCc1c(OC)ccc(C(C)CCN)c1F. The van der Waals surface area contributed by atoms with Crippen molar-refractivity contribution < 1.29 is 13.9 Å². The minimum absolute atomic E-state index is 0.0986. The Morgan fingerprint density at radius 2 is 2.06 bits per heavy atom. The number of ether oxygens (including phenoxy) is 2. The Hall–Kier alpha value is -1.13. The van der Waals surface area contributed by atoms with E-state index in [0.717, 1.165) is 6.42 Å². The minimum Gasteiger partial charge on any atom is -0.496 e. The highest BCUT2D eigenvalue weighted by Crippen LogP contribution is 2.30. The molecular weight excluding hydrogens is 221 g/mol. The third-order valence-electron chi connectivity index (χ3n) is 2.87. The molecule has 1 unspecified atom stereocenters. The summed E-state index contributed by atoms with van der Waals surface area (Å²) in [5.41, 5.74) is 6.64. The Morgan fingerprint density at radius 1 is 1.35 bits per heavy atom. The smallest absolute Gasteiger partial charge is 0.135 e. The zero-order valence-electron chi connectivity index (χ0n) is 10.6. The van der Waals surface area contributed by atoms with Crippen molar-refractivity contribution >= 4 is 0 Å². The maximum atomic E-state index is 14.3. The second-order valence-corrected chi connectivity index (χ2v) is 4.06. The third-order valence-corrected chi connectivity index (χ3v) is 2.87. The first-order valence-electron chi connectivity index (χ1n) is 5.70. The fourth-order valence-electron chi connectivity index (χ4n) is 1.88. The van der Waals surface area contributed by atoms with Gasteiger partial charge in [-0.3, -0.25) is 0 Å². The van der Waals surface area contributed by atoms with Crippen molar-refractivity contribution in [3.63, 3.8) is 0 Å². The zero-order valence-corrected chi connectivity index (χ0v) is 10.6. The maximum absolute atomic E-state index is 14.3. The molecule has 1 aromatic carbocycles. The average Bonchev–Trinajstić information content (AvgIpc) is 2.32. The summed E-state index contributed by atoms with van der Waals surface area (Å²) in [4.78, 5) is 0. The molecule has 0 bridgehead atoms. The second kappa shape index (κ2) is 6.57. The van der Waals surface area contributed by atoms with E-state index in [4.69, 9.17) is 15.2 Å². The van der Waals surface area contributed by atoms with Crippen LogP contribution in [0, 0.1) is 5.82 Å². The molecule has 1 atom stereocenters. The summed E-state index contributed by atoms with van der Waals surface area (Å²) in [7, 11) is 3.06. The van der Waals surface area contributed by atoms with Gasteiger partial charge in [0.15, 0.2) is 0 Å². The first-order chi connectivity index (χ1) is 8.15. The molecule has 0 aliphatic carbocycles. The van der Waals surface area contributed by atoms with Gasteiger partial charge >= 0.3 is 0 Å². The largest absolute Gasteiger partial charge is 0.496 e. The molecule has 0 aliphatic heterocycles. The van der Waals surface area contributed by atoms with Gasteiger partial charge in [0.25, 0.3) is 0 Å². The van der Waals surface area contributed by atoms with Crippen LogP contribution in [0.1, 0.15) is 30.4 Å². The van der Waals surface area contributed by atoms with Crippen molar-refractivity contribution in [2.45, 2.75) is 25.9 Å². The van der Waals surface area contributed by atoms with Crippen LogP contribution in [-0.4, -0.2) is 20.8 Å². The zero-order chi connectivity index (χ0) is 12.8. The van der Waals surface area contributed by atoms with Gasteiger partial charge in [-0.2, -0.15) is 0 Å². The molecular formula is C13H20FNO2. The molecule has 0 saturated heterocycles. The lowest BCUT2D eigenvalue weighted by molar-refractivity contribution is 0.177. The van der Waals surface area contributed by atoms with Crippen LogP contribution in [0.3, 0.4) is 0 Å². The number of halogens is 1. The number of methoxy groups -OCH3 is 2. The summed E-state index contributed by atoms with van der Waals surface area (Å²) in [6, 6.07) is 3.54. The monoisotopic (exact) mass is 241 g/mol. The quantitative estimate of drug-likeness (QED) is 0.832. The van der Waals surface area contributed by atoms with Crippen LogP contribution in [0.25, 0.3) is 0 Å². The van der Waals surface area contributed by atoms with E-state index in [2.05, 4.69) is 0 Å². The third kappa shape index (κ3) is 3.17. The molecule has 0 radical (unpaired) electrons. The highest BCUT2D eigenvalue weighted by Gasteiger charge is 2.17. The van der Waals surface area contributed by atoms with Gasteiger partial charge in [-0.1, -0.05) is 13.0 Å². The lowest BCUT2D eigenvalue weighted by Crippen LogP contribution is -2.08. The first-order valence-corrected chi connectivity index (χ1v) is 5.70. The lowest BCUT2D eigenvalue weighted by atomic mass is 9.95. The fourth-order valence-corrected chi connectivity index (χ4v) is 1.88. The molecule has 0 saturated carbocycles. The van der Waals surface area contributed by atoms with E-state index in [1.807, 2.05) is 6.92 Å². The van der Waals surface area contributed by atoms with E-state index in [-0.39, 0.29) is 18.3 Å². The van der Waals surface area contributed by atoms with E-state index in [1.165, 1.54) is 14.2 Å². The first kappa shape index (κ1) is 13.9. The average molecular weight is 241 g/mol. The molecule has 0 fully saturated rings.